The molecular weight excluding hydrogens is 365 g/mol. The first-order chi connectivity index (χ1) is 13.4. The van der Waals surface area contributed by atoms with E-state index >= 15 is 0 Å². The van der Waals surface area contributed by atoms with E-state index in [4.69, 9.17) is 14.2 Å². The summed E-state index contributed by atoms with van der Waals surface area (Å²) in [5, 5.41) is 2.46. The third kappa shape index (κ3) is 6.12. The van der Waals surface area contributed by atoms with Crippen molar-refractivity contribution < 1.29 is 28.2 Å². The van der Waals surface area contributed by atoms with Crippen LogP contribution in [0.1, 0.15) is 18.1 Å². The van der Waals surface area contributed by atoms with E-state index in [9.17, 15) is 14.0 Å². The van der Waals surface area contributed by atoms with Crippen LogP contribution in [0.5, 0.6) is 11.5 Å². The molecule has 148 valence electrons. The molecule has 2 rings (SSSR count). The van der Waals surface area contributed by atoms with Gasteiger partial charge in [0.2, 0.25) is 0 Å². The molecule has 0 saturated heterocycles. The van der Waals surface area contributed by atoms with Crippen LogP contribution in [0, 0.1) is 12.7 Å². The van der Waals surface area contributed by atoms with Crippen molar-refractivity contribution in [3.8, 4) is 11.5 Å². The van der Waals surface area contributed by atoms with E-state index in [-0.39, 0.29) is 0 Å². The lowest BCUT2D eigenvalue weighted by Crippen LogP contribution is -2.20. The Balaban J connectivity index is 1.88. The summed E-state index contributed by atoms with van der Waals surface area (Å²) < 4.78 is 29.0. The Morgan fingerprint density at radius 1 is 1.14 bits per heavy atom. The van der Waals surface area contributed by atoms with Crippen molar-refractivity contribution in [3.63, 3.8) is 0 Å². The van der Waals surface area contributed by atoms with Gasteiger partial charge in [-0.25, -0.2) is 9.18 Å². The van der Waals surface area contributed by atoms with Crippen LogP contribution in [-0.4, -0.2) is 32.2 Å². The van der Waals surface area contributed by atoms with Crippen LogP contribution in [-0.2, 0) is 14.3 Å². The molecule has 0 atom stereocenters. The van der Waals surface area contributed by atoms with Gasteiger partial charge in [0.05, 0.1) is 13.7 Å². The number of hydrogen-bond acceptors (Lipinski definition) is 5. The first kappa shape index (κ1) is 21.0. The summed E-state index contributed by atoms with van der Waals surface area (Å²) in [6.45, 7) is 3.47. The highest BCUT2D eigenvalue weighted by Gasteiger charge is 2.08. The van der Waals surface area contributed by atoms with Crippen molar-refractivity contribution in [2.45, 2.75) is 13.8 Å². The van der Waals surface area contributed by atoms with E-state index in [0.29, 0.717) is 34.9 Å². The van der Waals surface area contributed by atoms with Crippen molar-refractivity contribution in [1.82, 2.24) is 0 Å². The number of methoxy groups -OCH3 is 1. The number of amides is 1. The zero-order chi connectivity index (χ0) is 20.5. The lowest BCUT2D eigenvalue weighted by atomic mass is 10.2. The fourth-order valence-electron chi connectivity index (χ4n) is 2.28. The highest BCUT2D eigenvalue weighted by atomic mass is 19.1. The fourth-order valence-corrected chi connectivity index (χ4v) is 2.28. The Morgan fingerprint density at radius 3 is 2.61 bits per heavy atom. The van der Waals surface area contributed by atoms with Crippen LogP contribution in [0.15, 0.2) is 42.5 Å². The van der Waals surface area contributed by atoms with E-state index in [2.05, 4.69) is 5.32 Å². The molecule has 0 unspecified atom stereocenters. The Kier molecular flexibility index (Phi) is 7.56. The molecule has 28 heavy (non-hydrogen) atoms. The number of anilines is 1. The Morgan fingerprint density at radius 2 is 1.93 bits per heavy atom. The van der Waals surface area contributed by atoms with E-state index < -0.39 is 24.3 Å². The molecule has 0 radical (unpaired) electrons. The van der Waals surface area contributed by atoms with Crippen LogP contribution in [0.25, 0.3) is 6.08 Å². The maximum absolute atomic E-state index is 13.5. The second-order valence-electron chi connectivity index (χ2n) is 5.80. The molecule has 1 amide bonds. The fraction of sp³-hybridized carbons (Fsp3) is 0.238. The summed E-state index contributed by atoms with van der Waals surface area (Å²) in [4.78, 5) is 23.6. The van der Waals surface area contributed by atoms with Gasteiger partial charge in [-0.2, -0.15) is 0 Å². The van der Waals surface area contributed by atoms with Gasteiger partial charge < -0.3 is 19.5 Å². The summed E-state index contributed by atoms with van der Waals surface area (Å²) in [6, 6.07) is 9.52. The average molecular weight is 387 g/mol. The molecule has 1 N–H and O–H groups in total. The van der Waals surface area contributed by atoms with E-state index in [0.717, 1.165) is 0 Å². The van der Waals surface area contributed by atoms with Gasteiger partial charge in [-0.1, -0.05) is 12.1 Å². The normalized spacial score (nSPS) is 10.6. The van der Waals surface area contributed by atoms with E-state index in [1.54, 1.807) is 44.4 Å². The van der Waals surface area contributed by atoms with Gasteiger partial charge in [-0.15, -0.1) is 0 Å². The third-order valence-corrected chi connectivity index (χ3v) is 3.70. The molecule has 0 saturated carbocycles. The monoisotopic (exact) mass is 387 g/mol. The predicted molar refractivity (Wildman–Crippen MR) is 104 cm³/mol. The van der Waals surface area contributed by atoms with Crippen molar-refractivity contribution in [2.75, 3.05) is 25.6 Å². The molecule has 0 aliphatic heterocycles. The smallest absolute Gasteiger partial charge is 0.331 e. The highest BCUT2D eigenvalue weighted by molar-refractivity contribution is 5.94. The average Bonchev–Trinajstić information content (AvgIpc) is 2.68. The lowest BCUT2D eigenvalue weighted by molar-refractivity contribution is -0.142. The van der Waals surface area contributed by atoms with Crippen molar-refractivity contribution in [1.29, 1.82) is 0 Å². The van der Waals surface area contributed by atoms with Crippen LogP contribution in [0.3, 0.4) is 0 Å². The Labute approximate surface area is 162 Å². The zero-order valence-corrected chi connectivity index (χ0v) is 16.0. The number of aryl methyl sites for hydroxylation is 1. The number of rotatable bonds is 8. The molecule has 0 spiro atoms. The molecule has 0 aliphatic rings. The van der Waals surface area contributed by atoms with Gasteiger partial charge in [-0.3, -0.25) is 4.79 Å². The van der Waals surface area contributed by atoms with Crippen molar-refractivity contribution in [2.24, 2.45) is 0 Å². The van der Waals surface area contributed by atoms with Gasteiger partial charge in [0.15, 0.2) is 18.1 Å². The quantitative estimate of drug-likeness (QED) is 0.552. The maximum atomic E-state index is 13.5. The number of nitrogens with one attached hydrogen (secondary N) is 1. The molecule has 7 heteroatoms. The third-order valence-electron chi connectivity index (χ3n) is 3.70. The Bertz CT molecular complexity index is 879. The molecule has 0 aliphatic carbocycles. The molecule has 2 aromatic rings. The molecule has 6 nitrogen and oxygen atoms in total. The van der Waals surface area contributed by atoms with Crippen molar-refractivity contribution >= 4 is 23.6 Å². The second-order valence-corrected chi connectivity index (χ2v) is 5.80. The first-order valence-electron chi connectivity index (χ1n) is 8.64. The van der Waals surface area contributed by atoms with Gasteiger partial charge in [0, 0.05) is 11.8 Å². The number of hydrogen-bond donors (Lipinski definition) is 1. The number of ether oxygens (including phenoxy) is 3. The number of halogens is 1. The number of esters is 1. The number of benzene rings is 2. The summed E-state index contributed by atoms with van der Waals surface area (Å²) >= 11 is 0. The standard InChI is InChI=1S/C21H22FNO5/c1-4-27-19-11-15(6-9-18(19)26-3)7-10-21(25)28-13-20(24)23-16-8-5-14(2)17(22)12-16/h5-12H,4,13H2,1-3H3,(H,23,24)/b10-7+. The summed E-state index contributed by atoms with van der Waals surface area (Å²) in [5.74, 6) is -0.522. The van der Waals surface area contributed by atoms with Crippen LogP contribution < -0.4 is 14.8 Å². The predicted octanol–water partition coefficient (Wildman–Crippen LogP) is 3.74. The minimum Gasteiger partial charge on any atom is -0.493 e. The molecule has 0 heterocycles. The highest BCUT2D eigenvalue weighted by Crippen LogP contribution is 2.28. The maximum Gasteiger partial charge on any atom is 0.331 e. The van der Waals surface area contributed by atoms with Gasteiger partial charge in [0.25, 0.3) is 5.91 Å². The molecule has 0 fully saturated rings. The number of carbonyl (C=O) groups is 2. The molecular formula is C21H22FNO5. The van der Waals surface area contributed by atoms with Gasteiger partial charge >= 0.3 is 5.97 Å². The molecule has 2 aromatic carbocycles. The summed E-state index contributed by atoms with van der Waals surface area (Å²) in [6.07, 6.45) is 2.74. The molecule has 0 aromatic heterocycles. The summed E-state index contributed by atoms with van der Waals surface area (Å²) in [7, 11) is 1.54. The first-order valence-corrected chi connectivity index (χ1v) is 8.64. The minimum absolute atomic E-state index is 0.293. The zero-order valence-electron chi connectivity index (χ0n) is 16.0. The summed E-state index contributed by atoms with van der Waals surface area (Å²) in [5.41, 5.74) is 1.47. The van der Waals surface area contributed by atoms with Crippen LogP contribution in [0.4, 0.5) is 10.1 Å². The van der Waals surface area contributed by atoms with Gasteiger partial charge in [-0.05, 0) is 55.3 Å². The largest absolute Gasteiger partial charge is 0.493 e. The van der Waals surface area contributed by atoms with E-state index in [1.165, 1.54) is 18.2 Å². The topological polar surface area (TPSA) is 73.9 Å². The molecule has 0 bridgehead atoms. The van der Waals surface area contributed by atoms with Crippen LogP contribution in [0.2, 0.25) is 0 Å². The van der Waals surface area contributed by atoms with E-state index in [1.807, 2.05) is 6.92 Å². The lowest BCUT2D eigenvalue weighted by Gasteiger charge is -2.09. The van der Waals surface area contributed by atoms with Gasteiger partial charge in [0.1, 0.15) is 5.82 Å². The Hall–Kier alpha value is -3.35. The number of carbonyl (C=O) groups excluding carboxylic acids is 2. The SMILES string of the molecule is CCOc1cc(/C=C/C(=O)OCC(=O)Nc2ccc(C)c(F)c2)ccc1OC. The minimum atomic E-state index is -0.681. The second kappa shape index (κ2) is 10.1. The van der Waals surface area contributed by atoms with Crippen LogP contribution >= 0.6 is 0 Å². The van der Waals surface area contributed by atoms with Crippen molar-refractivity contribution in [3.05, 3.63) is 59.4 Å².